The van der Waals surface area contributed by atoms with Crippen molar-refractivity contribution < 1.29 is 4.74 Å². The van der Waals surface area contributed by atoms with Crippen LogP contribution in [0.5, 0.6) is 5.75 Å². The third-order valence-corrected chi connectivity index (χ3v) is 4.37. The molecule has 2 aromatic heterocycles. The number of nitriles is 1. The molecular formula is C20H13ClN4O. The van der Waals surface area contributed by atoms with Crippen molar-refractivity contribution in [3.63, 3.8) is 0 Å². The van der Waals surface area contributed by atoms with Crippen molar-refractivity contribution in [3.8, 4) is 34.3 Å². The number of halogens is 1. The molecular weight excluding hydrogens is 348 g/mol. The second-order valence-electron chi connectivity index (χ2n) is 5.66. The molecule has 5 nitrogen and oxygen atoms in total. The van der Waals surface area contributed by atoms with Crippen molar-refractivity contribution in [2.45, 2.75) is 0 Å². The van der Waals surface area contributed by atoms with Gasteiger partial charge in [-0.1, -0.05) is 23.7 Å². The number of hydrogen-bond donors (Lipinski definition) is 0. The molecule has 0 N–H and O–H groups in total. The molecule has 0 fully saturated rings. The number of methoxy groups -OCH3 is 1. The topological polar surface area (TPSA) is 63.2 Å². The summed E-state index contributed by atoms with van der Waals surface area (Å²) in [6.45, 7) is 0. The van der Waals surface area contributed by atoms with Gasteiger partial charge in [0.15, 0.2) is 11.5 Å². The van der Waals surface area contributed by atoms with Gasteiger partial charge >= 0.3 is 0 Å². The number of hydrogen-bond acceptors (Lipinski definition) is 4. The van der Waals surface area contributed by atoms with Crippen LogP contribution >= 0.6 is 11.6 Å². The third-order valence-electron chi connectivity index (χ3n) is 4.12. The Kier molecular flexibility index (Phi) is 4.04. The highest BCUT2D eigenvalue weighted by molar-refractivity contribution is 6.30. The predicted octanol–water partition coefficient (Wildman–Crippen LogP) is 4.60. The lowest BCUT2D eigenvalue weighted by atomic mass is 10.0. The minimum Gasteiger partial charge on any atom is -0.497 e. The predicted molar refractivity (Wildman–Crippen MR) is 100 cm³/mol. The quantitative estimate of drug-likeness (QED) is 0.535. The lowest BCUT2D eigenvalue weighted by Gasteiger charge is -2.06. The monoisotopic (exact) mass is 360 g/mol. The van der Waals surface area contributed by atoms with Gasteiger partial charge in [-0.2, -0.15) is 5.26 Å². The van der Waals surface area contributed by atoms with Gasteiger partial charge in [0.25, 0.3) is 0 Å². The Labute approximate surface area is 155 Å². The number of aromatic nitrogens is 3. The molecule has 4 rings (SSSR count). The number of fused-ring (bicyclic) bond motifs is 1. The number of nitrogens with zero attached hydrogens (tertiary/aromatic N) is 4. The van der Waals surface area contributed by atoms with E-state index in [1.165, 1.54) is 0 Å². The van der Waals surface area contributed by atoms with Gasteiger partial charge in [0, 0.05) is 22.3 Å². The van der Waals surface area contributed by atoms with Gasteiger partial charge in [0.05, 0.1) is 7.11 Å². The van der Waals surface area contributed by atoms with E-state index in [9.17, 15) is 5.26 Å². The van der Waals surface area contributed by atoms with Crippen LogP contribution < -0.4 is 4.74 Å². The summed E-state index contributed by atoms with van der Waals surface area (Å²) in [5, 5.41) is 14.8. The van der Waals surface area contributed by atoms with E-state index in [0.717, 1.165) is 22.4 Å². The number of ether oxygens (including phenoxy) is 1. The lowest BCUT2D eigenvalue weighted by molar-refractivity contribution is 0.415. The highest BCUT2D eigenvalue weighted by Gasteiger charge is 2.15. The van der Waals surface area contributed by atoms with E-state index in [1.54, 1.807) is 23.8 Å². The van der Waals surface area contributed by atoms with Crippen LogP contribution in [0.3, 0.4) is 0 Å². The van der Waals surface area contributed by atoms with Gasteiger partial charge in [-0.25, -0.2) is 9.50 Å². The van der Waals surface area contributed by atoms with Crippen molar-refractivity contribution in [3.05, 3.63) is 71.4 Å². The number of rotatable bonds is 3. The molecule has 0 saturated heterocycles. The summed E-state index contributed by atoms with van der Waals surface area (Å²) in [4.78, 5) is 4.56. The third kappa shape index (κ3) is 2.77. The van der Waals surface area contributed by atoms with Crippen LogP contribution in [0.4, 0.5) is 0 Å². The minimum atomic E-state index is 0.477. The normalized spacial score (nSPS) is 10.7. The van der Waals surface area contributed by atoms with Gasteiger partial charge in [0.2, 0.25) is 0 Å². The van der Waals surface area contributed by atoms with Crippen molar-refractivity contribution in [1.82, 2.24) is 14.6 Å². The maximum atomic E-state index is 9.72. The molecule has 2 aromatic carbocycles. The van der Waals surface area contributed by atoms with E-state index in [1.807, 2.05) is 48.7 Å². The van der Waals surface area contributed by atoms with Crippen molar-refractivity contribution in [2.24, 2.45) is 0 Å². The van der Waals surface area contributed by atoms with Gasteiger partial charge < -0.3 is 4.74 Å². The van der Waals surface area contributed by atoms with Crippen LogP contribution in [0.25, 0.3) is 28.2 Å². The van der Waals surface area contributed by atoms with Crippen molar-refractivity contribution in [2.75, 3.05) is 7.11 Å². The molecule has 0 saturated carbocycles. The molecule has 0 aliphatic carbocycles. The molecule has 6 heteroatoms. The van der Waals surface area contributed by atoms with E-state index < -0.39 is 0 Å². The van der Waals surface area contributed by atoms with Gasteiger partial charge in [0.1, 0.15) is 17.4 Å². The lowest BCUT2D eigenvalue weighted by Crippen LogP contribution is -1.94. The Morgan fingerprint density at radius 2 is 1.69 bits per heavy atom. The highest BCUT2D eigenvalue weighted by Crippen LogP contribution is 2.28. The standard InChI is InChI=1S/C20H13ClN4O/c1-26-16-8-4-13(5-9-16)17-10-11-25-20(18(17)12-22)23-19(24-25)14-2-6-15(21)7-3-14/h2-11H,1H3. The zero-order chi connectivity index (χ0) is 18.1. The van der Waals surface area contributed by atoms with Gasteiger partial charge in [-0.3, -0.25) is 0 Å². The molecule has 0 atom stereocenters. The Balaban J connectivity index is 1.86. The summed E-state index contributed by atoms with van der Waals surface area (Å²) in [5.41, 5.74) is 3.56. The first-order valence-electron chi connectivity index (χ1n) is 7.89. The molecule has 2 heterocycles. The van der Waals surface area contributed by atoms with Gasteiger partial charge in [-0.05, 0) is 48.0 Å². The summed E-state index contributed by atoms with van der Waals surface area (Å²) in [5.74, 6) is 1.31. The van der Waals surface area contributed by atoms with E-state index in [-0.39, 0.29) is 0 Å². The molecule has 0 amide bonds. The molecule has 0 aliphatic rings. The summed E-state index contributed by atoms with van der Waals surface area (Å²) in [6, 6.07) is 19.0. The van der Waals surface area contributed by atoms with E-state index in [4.69, 9.17) is 16.3 Å². The number of benzene rings is 2. The molecule has 0 bridgehead atoms. The van der Waals surface area contributed by atoms with Crippen LogP contribution in [0.15, 0.2) is 60.8 Å². The fraction of sp³-hybridized carbons (Fsp3) is 0.0500. The van der Waals surface area contributed by atoms with Crippen molar-refractivity contribution >= 4 is 17.2 Å². The fourth-order valence-electron chi connectivity index (χ4n) is 2.79. The maximum Gasteiger partial charge on any atom is 0.182 e. The van der Waals surface area contributed by atoms with Crippen LogP contribution in [0, 0.1) is 11.3 Å². The van der Waals surface area contributed by atoms with E-state index in [0.29, 0.717) is 22.1 Å². The average Bonchev–Trinajstić information content (AvgIpc) is 3.12. The summed E-state index contributed by atoms with van der Waals surface area (Å²) in [7, 11) is 1.62. The molecule has 126 valence electrons. The van der Waals surface area contributed by atoms with Crippen LogP contribution in [-0.2, 0) is 0 Å². The van der Waals surface area contributed by atoms with Crippen LogP contribution in [0.2, 0.25) is 5.02 Å². The second kappa shape index (κ2) is 6.51. The zero-order valence-corrected chi connectivity index (χ0v) is 14.6. The van der Waals surface area contributed by atoms with Gasteiger partial charge in [-0.15, -0.1) is 5.10 Å². The summed E-state index contributed by atoms with van der Waals surface area (Å²) in [6.07, 6.45) is 1.81. The fourth-order valence-corrected chi connectivity index (χ4v) is 2.92. The van der Waals surface area contributed by atoms with E-state index >= 15 is 0 Å². The van der Waals surface area contributed by atoms with E-state index in [2.05, 4.69) is 16.2 Å². The molecule has 0 spiro atoms. The van der Waals surface area contributed by atoms with Crippen LogP contribution in [0.1, 0.15) is 5.56 Å². The first-order chi connectivity index (χ1) is 12.7. The smallest absolute Gasteiger partial charge is 0.182 e. The Morgan fingerprint density at radius 1 is 1.00 bits per heavy atom. The van der Waals surface area contributed by atoms with Crippen molar-refractivity contribution in [1.29, 1.82) is 5.26 Å². The Bertz CT molecular complexity index is 1130. The summed E-state index contributed by atoms with van der Waals surface area (Å²) < 4.78 is 6.81. The molecule has 4 aromatic rings. The molecule has 0 aliphatic heterocycles. The SMILES string of the molecule is COc1ccc(-c2ccn3nc(-c4ccc(Cl)cc4)nc3c2C#N)cc1. The molecule has 0 unspecified atom stereocenters. The average molecular weight is 361 g/mol. The largest absolute Gasteiger partial charge is 0.497 e. The first-order valence-corrected chi connectivity index (χ1v) is 8.27. The summed E-state index contributed by atoms with van der Waals surface area (Å²) >= 11 is 5.94. The minimum absolute atomic E-state index is 0.477. The number of pyridine rings is 1. The first kappa shape index (κ1) is 16.1. The van der Waals surface area contributed by atoms with Crippen LogP contribution in [-0.4, -0.2) is 21.7 Å². The Hall–Kier alpha value is -3.36. The zero-order valence-electron chi connectivity index (χ0n) is 13.8. The Morgan fingerprint density at radius 3 is 2.35 bits per heavy atom. The highest BCUT2D eigenvalue weighted by atomic mass is 35.5. The maximum absolute atomic E-state index is 9.72. The molecule has 26 heavy (non-hydrogen) atoms. The second-order valence-corrected chi connectivity index (χ2v) is 6.09. The molecule has 0 radical (unpaired) electrons.